The third-order valence-electron chi connectivity index (χ3n) is 3.29. The Bertz CT molecular complexity index is 503. The number of rotatable bonds is 5. The van der Waals surface area contributed by atoms with Crippen LogP contribution in [0, 0.1) is 11.2 Å². The zero-order valence-corrected chi connectivity index (χ0v) is 13.2. The van der Waals surface area contributed by atoms with Crippen molar-refractivity contribution in [2.24, 2.45) is 11.1 Å². The molecule has 0 saturated carbocycles. The van der Waals surface area contributed by atoms with Gasteiger partial charge in [0.25, 0.3) is 0 Å². The molecule has 6 heteroatoms. The average molecular weight is 347 g/mol. The number of anilines is 1. The highest BCUT2D eigenvalue weighted by molar-refractivity contribution is 9.10. The molecule has 0 aromatic heterocycles. The number of amides is 1. The van der Waals surface area contributed by atoms with Crippen molar-refractivity contribution in [3.05, 3.63) is 28.5 Å². The van der Waals surface area contributed by atoms with E-state index in [0.717, 1.165) is 0 Å². The second kappa shape index (κ2) is 6.43. The van der Waals surface area contributed by atoms with E-state index in [1.807, 2.05) is 13.8 Å². The summed E-state index contributed by atoms with van der Waals surface area (Å²) < 4.78 is 13.8. The molecular weight excluding hydrogens is 331 g/mol. The van der Waals surface area contributed by atoms with Crippen molar-refractivity contribution in [1.82, 2.24) is 0 Å². The lowest BCUT2D eigenvalue weighted by atomic mass is 9.81. The molecule has 0 heterocycles. The maximum Gasteiger partial charge on any atom is 0.237 e. The second-order valence-corrected chi connectivity index (χ2v) is 5.53. The van der Waals surface area contributed by atoms with Gasteiger partial charge < -0.3 is 11.1 Å². The van der Waals surface area contributed by atoms with E-state index in [2.05, 4.69) is 21.2 Å². The van der Waals surface area contributed by atoms with Crippen LogP contribution in [-0.4, -0.2) is 10.9 Å². The van der Waals surface area contributed by atoms with Crippen LogP contribution in [0.3, 0.4) is 0 Å². The lowest BCUT2D eigenvalue weighted by Crippen LogP contribution is -2.45. The first-order valence-corrected chi connectivity index (χ1v) is 7.14. The molecule has 0 fully saturated rings. The molecule has 1 rings (SSSR count). The summed E-state index contributed by atoms with van der Waals surface area (Å²) in [6.07, 6.45) is 0.995. The maximum atomic E-state index is 13.2. The number of nitrogens with two attached hydrogens (primary N) is 1. The van der Waals surface area contributed by atoms with Gasteiger partial charge in [0.05, 0.1) is 16.1 Å². The highest BCUT2D eigenvalue weighted by Gasteiger charge is 2.38. The van der Waals surface area contributed by atoms with E-state index in [0.29, 0.717) is 23.0 Å². The number of nitrogens with one attached hydrogen (secondary N) is 1. The Balaban J connectivity index is 3.07. The summed E-state index contributed by atoms with van der Waals surface area (Å²) >= 11 is 8.27. The molecule has 3 N–H and O–H groups in total. The fourth-order valence-electron chi connectivity index (χ4n) is 1.87. The zero-order valence-electron chi connectivity index (χ0n) is 10.8. The molecule has 0 atom stereocenters. The van der Waals surface area contributed by atoms with Gasteiger partial charge in [0, 0.05) is 4.47 Å². The number of benzene rings is 1. The molecule has 0 aliphatic rings. The second-order valence-electron chi connectivity index (χ2n) is 4.23. The molecule has 1 aromatic carbocycles. The third-order valence-corrected chi connectivity index (χ3v) is 4.37. The number of thiocarbonyl (C=S) groups is 1. The topological polar surface area (TPSA) is 55.1 Å². The van der Waals surface area contributed by atoms with Crippen molar-refractivity contribution in [2.75, 3.05) is 5.32 Å². The normalized spacial score (nSPS) is 11.2. The predicted molar refractivity (Wildman–Crippen MR) is 82.5 cm³/mol. The maximum absolute atomic E-state index is 13.2. The van der Waals surface area contributed by atoms with Crippen molar-refractivity contribution in [1.29, 1.82) is 0 Å². The van der Waals surface area contributed by atoms with Gasteiger partial charge in [-0.15, -0.1) is 0 Å². The first-order valence-electron chi connectivity index (χ1n) is 5.93. The van der Waals surface area contributed by atoms with E-state index in [4.69, 9.17) is 18.0 Å². The van der Waals surface area contributed by atoms with Gasteiger partial charge in [0.1, 0.15) is 5.82 Å². The van der Waals surface area contributed by atoms with Crippen LogP contribution in [0.25, 0.3) is 0 Å². The number of carbonyl (C=O) groups is 1. The van der Waals surface area contributed by atoms with Gasteiger partial charge in [0.2, 0.25) is 5.91 Å². The highest BCUT2D eigenvalue weighted by Crippen LogP contribution is 2.31. The van der Waals surface area contributed by atoms with Crippen molar-refractivity contribution < 1.29 is 9.18 Å². The van der Waals surface area contributed by atoms with Crippen LogP contribution in [0.15, 0.2) is 22.7 Å². The summed E-state index contributed by atoms with van der Waals surface area (Å²) in [4.78, 5) is 12.5. The molecule has 19 heavy (non-hydrogen) atoms. The number of hydrogen-bond donors (Lipinski definition) is 2. The van der Waals surface area contributed by atoms with Crippen LogP contribution in [-0.2, 0) is 4.79 Å². The Morgan fingerprint density at radius 1 is 1.47 bits per heavy atom. The zero-order chi connectivity index (χ0) is 14.6. The fraction of sp³-hybridized carbons (Fsp3) is 0.385. The summed E-state index contributed by atoms with van der Waals surface area (Å²) in [5, 5.41) is 2.68. The molecule has 3 nitrogen and oxygen atoms in total. The molecule has 0 aliphatic heterocycles. The predicted octanol–water partition coefficient (Wildman–Crippen LogP) is 3.62. The Morgan fingerprint density at radius 3 is 2.53 bits per heavy atom. The first-order chi connectivity index (χ1) is 8.87. The Labute approximate surface area is 125 Å². The molecule has 0 aliphatic carbocycles. The summed E-state index contributed by atoms with van der Waals surface area (Å²) in [5.74, 6) is -0.733. The minimum absolute atomic E-state index is 0.155. The quantitative estimate of drug-likeness (QED) is 0.800. The van der Waals surface area contributed by atoms with Gasteiger partial charge in [-0.05, 0) is 47.0 Å². The lowest BCUT2D eigenvalue weighted by Gasteiger charge is -2.29. The van der Waals surface area contributed by atoms with Crippen LogP contribution in [0.4, 0.5) is 10.1 Å². The van der Waals surface area contributed by atoms with Crippen LogP contribution in [0.1, 0.15) is 26.7 Å². The molecule has 1 amide bonds. The van der Waals surface area contributed by atoms with Gasteiger partial charge in [0.15, 0.2) is 0 Å². The summed E-state index contributed by atoms with van der Waals surface area (Å²) in [6.45, 7) is 3.70. The fourth-order valence-corrected chi connectivity index (χ4v) is 2.59. The minimum atomic E-state index is -0.902. The van der Waals surface area contributed by atoms with Gasteiger partial charge in [-0.3, -0.25) is 4.79 Å². The van der Waals surface area contributed by atoms with Gasteiger partial charge in [-0.1, -0.05) is 26.1 Å². The van der Waals surface area contributed by atoms with Crippen LogP contribution in [0.5, 0.6) is 0 Å². The van der Waals surface area contributed by atoms with Crippen LogP contribution >= 0.6 is 28.1 Å². The van der Waals surface area contributed by atoms with E-state index in [-0.39, 0.29) is 10.9 Å². The standard InChI is InChI=1S/C13H16BrFN2OS/c1-3-13(4-2,11(16)19)12(18)17-10-7-8(15)5-6-9(10)14/h5-7H,3-4H2,1-2H3,(H2,16,19)(H,17,18). The van der Waals surface area contributed by atoms with Gasteiger partial charge >= 0.3 is 0 Å². The largest absolute Gasteiger partial charge is 0.392 e. The highest BCUT2D eigenvalue weighted by atomic mass is 79.9. The molecule has 0 spiro atoms. The van der Waals surface area contributed by atoms with Gasteiger partial charge in [-0.25, -0.2) is 4.39 Å². The van der Waals surface area contributed by atoms with E-state index >= 15 is 0 Å². The molecular formula is C13H16BrFN2OS. The number of hydrogen-bond acceptors (Lipinski definition) is 2. The van der Waals surface area contributed by atoms with Crippen molar-refractivity contribution >= 4 is 44.7 Å². The Morgan fingerprint density at radius 2 is 2.05 bits per heavy atom. The molecule has 0 radical (unpaired) electrons. The summed E-state index contributed by atoms with van der Waals surface area (Å²) in [7, 11) is 0. The third kappa shape index (κ3) is 3.30. The minimum Gasteiger partial charge on any atom is -0.392 e. The Hall–Kier alpha value is -1.01. The van der Waals surface area contributed by atoms with Crippen LogP contribution in [0.2, 0.25) is 0 Å². The SMILES string of the molecule is CCC(CC)(C(=O)Nc1cc(F)ccc1Br)C(N)=S. The smallest absolute Gasteiger partial charge is 0.237 e. The Kier molecular flexibility index (Phi) is 5.43. The molecule has 104 valence electrons. The summed E-state index contributed by atoms with van der Waals surface area (Å²) in [5.41, 5.74) is 5.17. The lowest BCUT2D eigenvalue weighted by molar-refractivity contribution is -0.122. The molecule has 0 bridgehead atoms. The van der Waals surface area contributed by atoms with Crippen molar-refractivity contribution in [2.45, 2.75) is 26.7 Å². The first kappa shape index (κ1) is 16.0. The molecule has 0 saturated heterocycles. The number of halogens is 2. The molecule has 0 unspecified atom stereocenters. The van der Waals surface area contributed by atoms with E-state index < -0.39 is 11.2 Å². The van der Waals surface area contributed by atoms with E-state index in [1.54, 1.807) is 0 Å². The van der Waals surface area contributed by atoms with E-state index in [1.165, 1.54) is 18.2 Å². The monoisotopic (exact) mass is 346 g/mol. The van der Waals surface area contributed by atoms with E-state index in [9.17, 15) is 9.18 Å². The van der Waals surface area contributed by atoms with Gasteiger partial charge in [-0.2, -0.15) is 0 Å². The van der Waals surface area contributed by atoms with Crippen molar-refractivity contribution in [3.63, 3.8) is 0 Å². The summed E-state index contributed by atoms with van der Waals surface area (Å²) in [6, 6.07) is 4.09. The molecule has 1 aromatic rings. The average Bonchev–Trinajstić information content (AvgIpc) is 2.35. The van der Waals surface area contributed by atoms with Crippen LogP contribution < -0.4 is 11.1 Å². The number of carbonyl (C=O) groups excluding carboxylic acids is 1. The van der Waals surface area contributed by atoms with Crippen molar-refractivity contribution in [3.8, 4) is 0 Å².